The van der Waals surface area contributed by atoms with Gasteiger partial charge in [-0.05, 0) is 47.9 Å². The summed E-state index contributed by atoms with van der Waals surface area (Å²) >= 11 is 1.11. The number of sulfonamides is 1. The van der Waals surface area contributed by atoms with Gasteiger partial charge in [0.2, 0.25) is 15.9 Å². The number of nitrogens with zero attached hydrogens (tertiary/aromatic N) is 3. The lowest BCUT2D eigenvalue weighted by Gasteiger charge is -2.11. The molecule has 0 bridgehead atoms. The maximum absolute atomic E-state index is 12.6. The molecule has 0 atom stereocenters. The number of benzene rings is 3. The summed E-state index contributed by atoms with van der Waals surface area (Å²) < 4.78 is 43.4. The molecule has 0 saturated heterocycles. The Morgan fingerprint density at radius 3 is 2.56 bits per heavy atom. The average Bonchev–Trinajstić information content (AvgIpc) is 3.49. The molecule has 2 N–H and O–H groups in total. The van der Waals surface area contributed by atoms with Gasteiger partial charge in [0.15, 0.2) is 0 Å². The Labute approximate surface area is 228 Å². The fraction of sp³-hybridized carbons (Fsp3) is 0.185. The Morgan fingerprint density at radius 2 is 1.85 bits per heavy atom. The highest BCUT2D eigenvalue weighted by molar-refractivity contribution is 7.92. The molecule has 0 aliphatic rings. The number of nitrogens with one attached hydrogen (secondary N) is 1. The number of anilines is 1. The van der Waals surface area contributed by atoms with Gasteiger partial charge in [-0.1, -0.05) is 43.7 Å². The van der Waals surface area contributed by atoms with Crippen molar-refractivity contribution in [3.05, 3.63) is 71.8 Å². The number of aldehydes is 1. The van der Waals surface area contributed by atoms with E-state index < -0.39 is 16.2 Å². The Hall–Kier alpha value is -4.29. The third-order valence-electron chi connectivity index (χ3n) is 6.23. The standard InChI is InChI=1S/C27H24N4O6S2/c1-2-3-12-39(35,36)30-20-9-11-24-21(14-20)25(19-7-4-17(16-32)5-8-19)26(37-27(33)34)31(24)15-18-6-10-22-23(13-18)29-38-28-22/h4-11,13-14,16,30H,2-3,12,15H2,1H3,(H,33,34). The molecule has 12 heteroatoms. The molecule has 0 unspecified atom stereocenters. The molecule has 5 rings (SSSR count). The van der Waals surface area contributed by atoms with Crippen LogP contribution in [0.4, 0.5) is 10.5 Å². The largest absolute Gasteiger partial charge is 0.512 e. The zero-order valence-electron chi connectivity index (χ0n) is 20.8. The highest BCUT2D eigenvalue weighted by Crippen LogP contribution is 2.42. The van der Waals surface area contributed by atoms with Crippen LogP contribution in [0.2, 0.25) is 0 Å². The van der Waals surface area contributed by atoms with Crippen LogP contribution >= 0.6 is 11.7 Å². The van der Waals surface area contributed by atoms with Crippen molar-refractivity contribution in [3.63, 3.8) is 0 Å². The molecule has 2 heterocycles. The van der Waals surface area contributed by atoms with Crippen molar-refractivity contribution in [1.29, 1.82) is 0 Å². The fourth-order valence-electron chi connectivity index (χ4n) is 4.42. The van der Waals surface area contributed by atoms with E-state index in [1.54, 1.807) is 47.0 Å². The lowest BCUT2D eigenvalue weighted by molar-refractivity contribution is 0.112. The van der Waals surface area contributed by atoms with Gasteiger partial charge >= 0.3 is 6.16 Å². The molecule has 3 aromatic carbocycles. The molecular formula is C27H24N4O6S2. The van der Waals surface area contributed by atoms with Crippen molar-refractivity contribution in [1.82, 2.24) is 13.3 Å². The highest BCUT2D eigenvalue weighted by Gasteiger charge is 2.24. The molecule has 2 aromatic heterocycles. The van der Waals surface area contributed by atoms with Gasteiger partial charge in [-0.15, -0.1) is 0 Å². The van der Waals surface area contributed by atoms with Crippen LogP contribution in [0.1, 0.15) is 35.7 Å². The molecular weight excluding hydrogens is 540 g/mol. The number of carbonyl (C=O) groups excluding carboxylic acids is 1. The Balaban J connectivity index is 1.70. The van der Waals surface area contributed by atoms with E-state index in [2.05, 4.69) is 13.5 Å². The van der Waals surface area contributed by atoms with Crippen molar-refractivity contribution in [2.45, 2.75) is 26.3 Å². The van der Waals surface area contributed by atoms with E-state index in [4.69, 9.17) is 4.74 Å². The Kier molecular flexibility index (Phi) is 7.31. The van der Waals surface area contributed by atoms with Crippen LogP contribution in [0.15, 0.2) is 60.7 Å². The topological polar surface area (TPSA) is 140 Å². The van der Waals surface area contributed by atoms with Crippen molar-refractivity contribution in [2.24, 2.45) is 0 Å². The summed E-state index contributed by atoms with van der Waals surface area (Å²) in [6.07, 6.45) is 0.485. The molecule has 0 aliphatic carbocycles. The first-order valence-corrected chi connectivity index (χ1v) is 14.5. The first-order chi connectivity index (χ1) is 18.8. The maximum atomic E-state index is 12.6. The van der Waals surface area contributed by atoms with Gasteiger partial charge < -0.3 is 14.4 Å². The van der Waals surface area contributed by atoms with E-state index in [0.29, 0.717) is 46.0 Å². The second-order valence-electron chi connectivity index (χ2n) is 8.97. The van der Waals surface area contributed by atoms with Crippen molar-refractivity contribution in [2.75, 3.05) is 10.5 Å². The van der Waals surface area contributed by atoms with Gasteiger partial charge in [0, 0.05) is 16.6 Å². The molecule has 0 aliphatic heterocycles. The predicted octanol–water partition coefficient (Wildman–Crippen LogP) is 5.77. The average molecular weight is 565 g/mol. The van der Waals surface area contributed by atoms with Crippen LogP contribution in [0.25, 0.3) is 33.1 Å². The number of hydrogen-bond donors (Lipinski definition) is 2. The molecule has 0 amide bonds. The second-order valence-corrected chi connectivity index (χ2v) is 11.3. The zero-order chi connectivity index (χ0) is 27.6. The first kappa shape index (κ1) is 26.3. The molecule has 0 spiro atoms. The molecule has 0 saturated carbocycles. The lowest BCUT2D eigenvalue weighted by Crippen LogP contribution is -2.16. The van der Waals surface area contributed by atoms with E-state index in [-0.39, 0.29) is 18.2 Å². The summed E-state index contributed by atoms with van der Waals surface area (Å²) in [5.41, 5.74) is 4.82. The number of unbranched alkanes of at least 4 members (excludes halogenated alkanes) is 1. The second kappa shape index (κ2) is 10.8. The number of fused-ring (bicyclic) bond motifs is 2. The normalized spacial score (nSPS) is 11.6. The van der Waals surface area contributed by atoms with Gasteiger partial charge in [0.1, 0.15) is 17.3 Å². The minimum absolute atomic E-state index is 0.0100. The minimum Gasteiger partial charge on any atom is -0.449 e. The third kappa shape index (κ3) is 5.61. The zero-order valence-corrected chi connectivity index (χ0v) is 22.5. The summed E-state index contributed by atoms with van der Waals surface area (Å²) in [6.45, 7) is 2.17. The number of rotatable bonds is 10. The summed E-state index contributed by atoms with van der Waals surface area (Å²) in [5, 5.41) is 10.2. The van der Waals surface area contributed by atoms with Gasteiger partial charge in [-0.3, -0.25) is 9.52 Å². The number of carboxylic acid groups (broad SMARTS) is 1. The van der Waals surface area contributed by atoms with Crippen LogP contribution in [-0.2, 0) is 16.6 Å². The number of ether oxygens (including phenoxy) is 1. The van der Waals surface area contributed by atoms with Crippen molar-refractivity contribution in [3.8, 4) is 17.0 Å². The van der Waals surface area contributed by atoms with Crippen molar-refractivity contribution < 1.29 is 27.9 Å². The van der Waals surface area contributed by atoms with Crippen molar-refractivity contribution >= 4 is 61.8 Å². The quantitative estimate of drug-likeness (QED) is 0.161. The highest BCUT2D eigenvalue weighted by atomic mass is 32.2. The van der Waals surface area contributed by atoms with Crippen LogP contribution < -0.4 is 9.46 Å². The van der Waals surface area contributed by atoms with E-state index in [1.807, 2.05) is 25.1 Å². The van der Waals surface area contributed by atoms with Crippen LogP contribution in [0.3, 0.4) is 0 Å². The lowest BCUT2D eigenvalue weighted by atomic mass is 10.0. The molecule has 0 radical (unpaired) electrons. The monoisotopic (exact) mass is 564 g/mol. The maximum Gasteiger partial charge on any atom is 0.512 e. The number of carbonyl (C=O) groups is 2. The van der Waals surface area contributed by atoms with E-state index in [9.17, 15) is 23.1 Å². The van der Waals surface area contributed by atoms with E-state index in [1.165, 1.54) is 0 Å². The summed E-state index contributed by atoms with van der Waals surface area (Å²) in [4.78, 5) is 23.1. The minimum atomic E-state index is -3.57. The Morgan fingerprint density at radius 1 is 1.08 bits per heavy atom. The van der Waals surface area contributed by atoms with E-state index in [0.717, 1.165) is 34.7 Å². The SMILES string of the molecule is CCCCS(=O)(=O)Nc1ccc2c(c1)c(-c1ccc(C=O)cc1)c(OC(=O)O)n2Cc1ccc2nsnc2c1. The van der Waals surface area contributed by atoms with Gasteiger partial charge in [0.05, 0.1) is 35.1 Å². The smallest absolute Gasteiger partial charge is 0.449 e. The fourth-order valence-corrected chi connectivity index (χ4v) is 6.20. The number of hydrogen-bond acceptors (Lipinski definition) is 8. The van der Waals surface area contributed by atoms with Gasteiger partial charge in [-0.25, -0.2) is 13.2 Å². The van der Waals surface area contributed by atoms with Crippen LogP contribution in [0, 0.1) is 0 Å². The summed E-state index contributed by atoms with van der Waals surface area (Å²) in [6, 6.07) is 17.3. The molecule has 200 valence electrons. The third-order valence-corrected chi connectivity index (χ3v) is 8.16. The van der Waals surface area contributed by atoms with Gasteiger partial charge in [-0.2, -0.15) is 8.75 Å². The molecule has 0 fully saturated rings. The number of aromatic nitrogens is 3. The van der Waals surface area contributed by atoms with E-state index >= 15 is 0 Å². The van der Waals surface area contributed by atoms with Gasteiger partial charge in [0.25, 0.3) is 0 Å². The molecule has 10 nitrogen and oxygen atoms in total. The Bertz CT molecular complexity index is 1790. The first-order valence-electron chi connectivity index (χ1n) is 12.1. The molecule has 5 aromatic rings. The molecule has 39 heavy (non-hydrogen) atoms. The summed E-state index contributed by atoms with van der Waals surface area (Å²) in [7, 11) is -3.57. The summed E-state index contributed by atoms with van der Waals surface area (Å²) in [5.74, 6) is 0.0583. The van der Waals surface area contributed by atoms with Crippen LogP contribution in [-0.4, -0.2) is 45.0 Å². The van der Waals surface area contributed by atoms with Crippen LogP contribution in [0.5, 0.6) is 5.88 Å². The predicted molar refractivity (Wildman–Crippen MR) is 150 cm³/mol.